The van der Waals surface area contributed by atoms with Gasteiger partial charge in [-0.25, -0.2) is 8.78 Å². The number of amides is 1. The molecule has 80 valence electrons. The van der Waals surface area contributed by atoms with E-state index in [2.05, 4.69) is 0 Å². The van der Waals surface area contributed by atoms with Gasteiger partial charge < -0.3 is 4.90 Å². The molecule has 1 aliphatic heterocycles. The Bertz CT molecular complexity index is 230. The van der Waals surface area contributed by atoms with Crippen molar-refractivity contribution in [1.82, 2.24) is 4.90 Å². The third kappa shape index (κ3) is 1.62. The second kappa shape index (κ2) is 3.48. The molecule has 1 amide bonds. The largest absolute Gasteiger partial charge is 0.339 e. The van der Waals surface area contributed by atoms with Gasteiger partial charge in [-0.15, -0.1) is 0 Å². The van der Waals surface area contributed by atoms with Crippen molar-refractivity contribution in [3.05, 3.63) is 0 Å². The van der Waals surface area contributed by atoms with E-state index in [1.54, 1.807) is 11.8 Å². The monoisotopic (exact) mass is 203 g/mol. The summed E-state index contributed by atoms with van der Waals surface area (Å²) in [5.74, 6) is -0.298. The molecule has 2 atom stereocenters. The lowest BCUT2D eigenvalue weighted by Gasteiger charge is -2.31. The molecule has 0 aromatic heterocycles. The maximum atomic E-state index is 13.1. The van der Waals surface area contributed by atoms with Crippen molar-refractivity contribution in [1.29, 1.82) is 0 Å². The van der Waals surface area contributed by atoms with E-state index in [9.17, 15) is 13.6 Å². The van der Waals surface area contributed by atoms with Gasteiger partial charge in [0.2, 0.25) is 5.91 Å². The van der Waals surface area contributed by atoms with Gasteiger partial charge in [-0.2, -0.15) is 0 Å². The summed E-state index contributed by atoms with van der Waals surface area (Å²) in [6, 6.07) is 0. The summed E-state index contributed by atoms with van der Waals surface area (Å²) in [4.78, 5) is 13.2. The molecule has 0 spiro atoms. The molecule has 0 aromatic rings. The molecule has 1 aliphatic carbocycles. The van der Waals surface area contributed by atoms with E-state index in [0.717, 1.165) is 0 Å². The van der Waals surface area contributed by atoms with E-state index >= 15 is 0 Å². The number of halogens is 2. The number of carbonyl (C=O) groups excluding carboxylic acids is 1. The Hall–Kier alpha value is -0.670. The van der Waals surface area contributed by atoms with Crippen LogP contribution in [0.15, 0.2) is 0 Å². The lowest BCUT2D eigenvalue weighted by Crippen LogP contribution is -2.41. The quantitative estimate of drug-likeness (QED) is 0.633. The van der Waals surface area contributed by atoms with Crippen molar-refractivity contribution in [2.75, 3.05) is 13.1 Å². The first kappa shape index (κ1) is 9.87. The Morgan fingerprint density at radius 2 is 1.93 bits per heavy atom. The first-order chi connectivity index (χ1) is 6.58. The minimum Gasteiger partial charge on any atom is -0.339 e. The maximum Gasteiger partial charge on any atom is 0.226 e. The van der Waals surface area contributed by atoms with Crippen LogP contribution in [-0.2, 0) is 4.79 Å². The molecule has 2 fully saturated rings. The van der Waals surface area contributed by atoms with E-state index in [1.807, 2.05) is 0 Å². The zero-order chi connectivity index (χ0) is 10.3. The molecule has 0 radical (unpaired) electrons. The smallest absolute Gasteiger partial charge is 0.226 e. The van der Waals surface area contributed by atoms with Gasteiger partial charge in [0.05, 0.1) is 6.54 Å². The van der Waals surface area contributed by atoms with E-state index in [-0.39, 0.29) is 24.3 Å². The summed E-state index contributed by atoms with van der Waals surface area (Å²) in [6.45, 7) is 2.50. The van der Waals surface area contributed by atoms with Crippen LogP contribution in [-0.4, -0.2) is 36.2 Å². The number of carbonyl (C=O) groups is 1. The molecule has 2 aliphatic rings. The van der Waals surface area contributed by atoms with E-state index < -0.39 is 12.3 Å². The molecule has 0 unspecified atom stereocenters. The number of likely N-dealkylation sites (tertiary alicyclic amines) is 1. The van der Waals surface area contributed by atoms with Crippen LogP contribution in [0.3, 0.4) is 0 Å². The molecular weight excluding hydrogens is 188 g/mol. The standard InChI is InChI=1S/C10H15F2NO/c1-6-4-13(5-9(6)12)10(14)7-2-8(11)3-7/h6-9H,2-5H2,1H3/t6-,7?,8?,9+/m1/s1. The van der Waals surface area contributed by atoms with Gasteiger partial charge in [0.1, 0.15) is 12.3 Å². The third-order valence-corrected chi connectivity index (χ3v) is 3.26. The molecule has 2 rings (SSSR count). The van der Waals surface area contributed by atoms with E-state index in [0.29, 0.717) is 19.4 Å². The summed E-state index contributed by atoms with van der Waals surface area (Å²) in [6.07, 6.45) is -1.05. The summed E-state index contributed by atoms with van der Waals surface area (Å²) in [5.41, 5.74) is 0. The first-order valence-electron chi connectivity index (χ1n) is 5.15. The van der Waals surface area contributed by atoms with Gasteiger partial charge in [-0.05, 0) is 12.8 Å². The van der Waals surface area contributed by atoms with Crippen molar-refractivity contribution in [3.8, 4) is 0 Å². The fraction of sp³-hybridized carbons (Fsp3) is 0.900. The summed E-state index contributed by atoms with van der Waals surface area (Å²) in [7, 11) is 0. The Morgan fingerprint density at radius 1 is 1.29 bits per heavy atom. The van der Waals surface area contributed by atoms with Gasteiger partial charge in [0.15, 0.2) is 0 Å². The topological polar surface area (TPSA) is 20.3 Å². The van der Waals surface area contributed by atoms with Crippen LogP contribution in [0.2, 0.25) is 0 Å². The zero-order valence-electron chi connectivity index (χ0n) is 8.25. The summed E-state index contributed by atoms with van der Waals surface area (Å²) < 4.78 is 25.6. The van der Waals surface area contributed by atoms with Crippen molar-refractivity contribution in [3.63, 3.8) is 0 Å². The third-order valence-electron chi connectivity index (χ3n) is 3.26. The Labute approximate surface area is 82.3 Å². The van der Waals surface area contributed by atoms with Gasteiger partial charge in [-0.1, -0.05) is 6.92 Å². The highest BCUT2D eigenvalue weighted by Crippen LogP contribution is 2.33. The van der Waals surface area contributed by atoms with Crippen LogP contribution in [0.5, 0.6) is 0 Å². The summed E-state index contributed by atoms with van der Waals surface area (Å²) in [5, 5.41) is 0. The summed E-state index contributed by atoms with van der Waals surface area (Å²) >= 11 is 0. The van der Waals surface area contributed by atoms with Gasteiger partial charge in [-0.3, -0.25) is 4.79 Å². The zero-order valence-corrected chi connectivity index (χ0v) is 8.25. The van der Waals surface area contributed by atoms with Gasteiger partial charge >= 0.3 is 0 Å². The van der Waals surface area contributed by atoms with E-state index in [1.165, 1.54) is 0 Å². The molecule has 0 aromatic carbocycles. The Morgan fingerprint density at radius 3 is 2.36 bits per heavy atom. The molecular formula is C10H15F2NO. The molecule has 0 N–H and O–H groups in total. The second-order valence-electron chi connectivity index (χ2n) is 4.50. The number of nitrogens with zero attached hydrogens (tertiary/aromatic N) is 1. The number of alkyl halides is 2. The van der Waals surface area contributed by atoms with Crippen LogP contribution in [0, 0.1) is 11.8 Å². The van der Waals surface area contributed by atoms with Gasteiger partial charge in [0, 0.05) is 18.4 Å². The SMILES string of the molecule is C[C@@H]1CN(C(=O)C2CC(F)C2)C[C@@H]1F. The molecule has 0 bridgehead atoms. The van der Waals surface area contributed by atoms with Crippen molar-refractivity contribution in [2.45, 2.75) is 32.1 Å². The lowest BCUT2D eigenvalue weighted by molar-refractivity contribution is -0.139. The molecule has 1 saturated heterocycles. The first-order valence-corrected chi connectivity index (χ1v) is 5.15. The molecule has 2 nitrogen and oxygen atoms in total. The fourth-order valence-corrected chi connectivity index (χ4v) is 2.12. The minimum absolute atomic E-state index is 0.0501. The second-order valence-corrected chi connectivity index (χ2v) is 4.50. The lowest BCUT2D eigenvalue weighted by atomic mass is 9.82. The molecule has 1 saturated carbocycles. The van der Waals surface area contributed by atoms with Crippen molar-refractivity contribution >= 4 is 5.91 Å². The van der Waals surface area contributed by atoms with Crippen LogP contribution in [0.25, 0.3) is 0 Å². The number of hydrogen-bond donors (Lipinski definition) is 0. The van der Waals surface area contributed by atoms with Crippen LogP contribution in [0.1, 0.15) is 19.8 Å². The van der Waals surface area contributed by atoms with Gasteiger partial charge in [0.25, 0.3) is 0 Å². The predicted molar refractivity (Wildman–Crippen MR) is 48.3 cm³/mol. The van der Waals surface area contributed by atoms with Crippen LogP contribution >= 0.6 is 0 Å². The number of hydrogen-bond acceptors (Lipinski definition) is 1. The highest BCUT2D eigenvalue weighted by atomic mass is 19.1. The van der Waals surface area contributed by atoms with Crippen molar-refractivity contribution in [2.24, 2.45) is 11.8 Å². The molecule has 1 heterocycles. The van der Waals surface area contributed by atoms with Crippen LogP contribution in [0.4, 0.5) is 8.78 Å². The molecule has 4 heteroatoms. The maximum absolute atomic E-state index is 13.1. The minimum atomic E-state index is -0.903. The molecule has 14 heavy (non-hydrogen) atoms. The Balaban J connectivity index is 1.87. The number of rotatable bonds is 1. The normalized spacial score (nSPS) is 42.4. The highest BCUT2D eigenvalue weighted by Gasteiger charge is 2.40. The van der Waals surface area contributed by atoms with Crippen LogP contribution < -0.4 is 0 Å². The predicted octanol–water partition coefficient (Wildman–Crippen LogP) is 1.55. The fourth-order valence-electron chi connectivity index (χ4n) is 2.12. The average Bonchev–Trinajstić information content (AvgIpc) is 2.41. The average molecular weight is 203 g/mol. The van der Waals surface area contributed by atoms with E-state index in [4.69, 9.17) is 0 Å². The highest BCUT2D eigenvalue weighted by molar-refractivity contribution is 5.80. The van der Waals surface area contributed by atoms with Crippen molar-refractivity contribution < 1.29 is 13.6 Å². The Kier molecular flexibility index (Phi) is 2.45.